The minimum Gasteiger partial charge on any atom is -0.468 e. The van der Waals surface area contributed by atoms with Gasteiger partial charge in [0.25, 0.3) is 0 Å². The standard InChI is InChI=1S/C18H25N3O/c1-2-17(18-7-3-4-10-19-18)20-15-8-11-21(12-9-15)14-16-6-5-13-22-16/h3-7,10,13,15,17,20H,2,8-9,11-12,14H2,1H3. The number of furan rings is 1. The van der Waals surface area contributed by atoms with Crippen LogP contribution in [-0.2, 0) is 6.54 Å². The van der Waals surface area contributed by atoms with Crippen molar-refractivity contribution in [3.63, 3.8) is 0 Å². The van der Waals surface area contributed by atoms with Gasteiger partial charge < -0.3 is 9.73 Å². The van der Waals surface area contributed by atoms with Crippen LogP contribution in [0.3, 0.4) is 0 Å². The van der Waals surface area contributed by atoms with E-state index >= 15 is 0 Å². The third kappa shape index (κ3) is 3.96. The lowest BCUT2D eigenvalue weighted by atomic mass is 10.0. The van der Waals surface area contributed by atoms with Gasteiger partial charge in [-0.15, -0.1) is 0 Å². The van der Waals surface area contributed by atoms with E-state index < -0.39 is 0 Å². The largest absolute Gasteiger partial charge is 0.468 e. The first-order chi connectivity index (χ1) is 10.8. The molecule has 1 fully saturated rings. The molecule has 118 valence electrons. The molecule has 0 amide bonds. The summed E-state index contributed by atoms with van der Waals surface area (Å²) in [7, 11) is 0. The van der Waals surface area contributed by atoms with Gasteiger partial charge in [-0.2, -0.15) is 0 Å². The summed E-state index contributed by atoms with van der Waals surface area (Å²) in [6, 6.07) is 11.1. The number of nitrogens with one attached hydrogen (secondary N) is 1. The number of hydrogen-bond donors (Lipinski definition) is 1. The molecule has 1 aliphatic heterocycles. The molecule has 0 spiro atoms. The Hall–Kier alpha value is -1.65. The van der Waals surface area contributed by atoms with Gasteiger partial charge in [0.1, 0.15) is 5.76 Å². The second kappa shape index (κ2) is 7.56. The van der Waals surface area contributed by atoms with Crippen molar-refractivity contribution in [2.24, 2.45) is 0 Å². The summed E-state index contributed by atoms with van der Waals surface area (Å²) < 4.78 is 5.44. The fraction of sp³-hybridized carbons (Fsp3) is 0.500. The van der Waals surface area contributed by atoms with Crippen molar-refractivity contribution in [3.8, 4) is 0 Å². The van der Waals surface area contributed by atoms with Crippen LogP contribution in [0.5, 0.6) is 0 Å². The van der Waals surface area contributed by atoms with E-state index in [4.69, 9.17) is 4.42 Å². The molecule has 2 aromatic rings. The van der Waals surface area contributed by atoms with Crippen LogP contribution in [0.2, 0.25) is 0 Å². The Kier molecular flexibility index (Phi) is 5.24. The highest BCUT2D eigenvalue weighted by Crippen LogP contribution is 2.19. The lowest BCUT2D eigenvalue weighted by molar-refractivity contribution is 0.172. The lowest BCUT2D eigenvalue weighted by Crippen LogP contribution is -2.43. The molecule has 22 heavy (non-hydrogen) atoms. The summed E-state index contributed by atoms with van der Waals surface area (Å²) in [4.78, 5) is 6.97. The van der Waals surface area contributed by atoms with E-state index in [-0.39, 0.29) is 0 Å². The SMILES string of the molecule is CCC(NC1CCN(Cc2ccco2)CC1)c1ccccn1. The monoisotopic (exact) mass is 299 g/mol. The Morgan fingerprint density at radius 3 is 2.77 bits per heavy atom. The molecule has 0 aliphatic carbocycles. The van der Waals surface area contributed by atoms with Crippen LogP contribution in [0.1, 0.15) is 43.7 Å². The Labute approximate surface area is 132 Å². The van der Waals surface area contributed by atoms with Crippen LogP contribution in [0.15, 0.2) is 47.2 Å². The van der Waals surface area contributed by atoms with Crippen LogP contribution in [0.4, 0.5) is 0 Å². The molecule has 3 heterocycles. The van der Waals surface area contributed by atoms with E-state index in [0.29, 0.717) is 12.1 Å². The molecule has 0 aromatic carbocycles. The summed E-state index contributed by atoms with van der Waals surface area (Å²) in [5.74, 6) is 1.06. The minimum atomic E-state index is 0.364. The van der Waals surface area contributed by atoms with Gasteiger partial charge in [-0.25, -0.2) is 0 Å². The molecule has 1 N–H and O–H groups in total. The fourth-order valence-electron chi connectivity index (χ4n) is 3.16. The molecular formula is C18H25N3O. The predicted molar refractivity (Wildman–Crippen MR) is 87.4 cm³/mol. The molecule has 1 atom stereocenters. The third-order valence-electron chi connectivity index (χ3n) is 4.44. The molecule has 1 saturated heterocycles. The van der Waals surface area contributed by atoms with Crippen LogP contribution >= 0.6 is 0 Å². The van der Waals surface area contributed by atoms with Crippen LogP contribution in [0.25, 0.3) is 0 Å². The maximum atomic E-state index is 5.44. The van der Waals surface area contributed by atoms with Crippen LogP contribution in [-0.4, -0.2) is 29.0 Å². The number of aromatic nitrogens is 1. The number of hydrogen-bond acceptors (Lipinski definition) is 4. The smallest absolute Gasteiger partial charge is 0.117 e. The molecule has 3 rings (SSSR count). The zero-order chi connectivity index (χ0) is 15.2. The highest BCUT2D eigenvalue weighted by Gasteiger charge is 2.22. The van der Waals surface area contributed by atoms with Crippen molar-refractivity contribution in [1.29, 1.82) is 0 Å². The van der Waals surface area contributed by atoms with Gasteiger partial charge in [-0.1, -0.05) is 13.0 Å². The third-order valence-corrected chi connectivity index (χ3v) is 4.44. The molecular weight excluding hydrogens is 274 g/mol. The van der Waals surface area contributed by atoms with E-state index in [2.05, 4.69) is 40.3 Å². The zero-order valence-electron chi connectivity index (χ0n) is 13.2. The molecule has 1 unspecified atom stereocenters. The zero-order valence-corrected chi connectivity index (χ0v) is 13.2. The van der Waals surface area contributed by atoms with Gasteiger partial charge in [0.2, 0.25) is 0 Å². The topological polar surface area (TPSA) is 41.3 Å². The quantitative estimate of drug-likeness (QED) is 0.888. The highest BCUT2D eigenvalue weighted by molar-refractivity contribution is 5.09. The van der Waals surface area contributed by atoms with Gasteiger partial charge in [0.15, 0.2) is 0 Å². The van der Waals surface area contributed by atoms with E-state index in [0.717, 1.165) is 37.5 Å². The molecule has 1 aliphatic rings. The maximum Gasteiger partial charge on any atom is 0.117 e. The van der Waals surface area contributed by atoms with E-state index in [1.807, 2.05) is 18.3 Å². The first-order valence-electron chi connectivity index (χ1n) is 8.27. The first kappa shape index (κ1) is 15.3. The number of rotatable bonds is 6. The predicted octanol–water partition coefficient (Wildman–Crippen LogP) is 3.38. The van der Waals surface area contributed by atoms with Crippen LogP contribution < -0.4 is 5.32 Å². The highest BCUT2D eigenvalue weighted by atomic mass is 16.3. The Bertz CT molecular complexity index is 533. The summed E-state index contributed by atoms with van der Waals surface area (Å²) in [5.41, 5.74) is 1.16. The van der Waals surface area contributed by atoms with Gasteiger partial charge in [0.05, 0.1) is 18.5 Å². The van der Waals surface area contributed by atoms with Crippen molar-refractivity contribution in [3.05, 3.63) is 54.2 Å². The second-order valence-electron chi connectivity index (χ2n) is 6.01. The summed E-state index contributed by atoms with van der Waals surface area (Å²) >= 11 is 0. The van der Waals surface area contributed by atoms with E-state index in [1.54, 1.807) is 6.26 Å². The van der Waals surface area contributed by atoms with E-state index in [1.165, 1.54) is 12.8 Å². The number of nitrogens with zero attached hydrogens (tertiary/aromatic N) is 2. The van der Waals surface area contributed by atoms with Crippen molar-refractivity contribution < 1.29 is 4.42 Å². The maximum absolute atomic E-state index is 5.44. The van der Waals surface area contributed by atoms with Gasteiger partial charge >= 0.3 is 0 Å². The Morgan fingerprint density at radius 1 is 1.27 bits per heavy atom. The molecule has 0 radical (unpaired) electrons. The van der Waals surface area contributed by atoms with Gasteiger partial charge in [0, 0.05) is 31.4 Å². The minimum absolute atomic E-state index is 0.364. The average molecular weight is 299 g/mol. The van der Waals surface area contributed by atoms with Crippen molar-refractivity contribution >= 4 is 0 Å². The summed E-state index contributed by atoms with van der Waals surface area (Å²) in [6.45, 7) is 5.39. The first-order valence-corrected chi connectivity index (χ1v) is 8.27. The lowest BCUT2D eigenvalue weighted by Gasteiger charge is -2.34. The number of piperidine rings is 1. The summed E-state index contributed by atoms with van der Waals surface area (Å²) in [6.07, 6.45) is 7.08. The molecule has 0 saturated carbocycles. The van der Waals surface area contributed by atoms with Crippen molar-refractivity contribution in [2.75, 3.05) is 13.1 Å². The Morgan fingerprint density at radius 2 is 2.14 bits per heavy atom. The number of pyridine rings is 1. The average Bonchev–Trinajstić information content (AvgIpc) is 3.08. The van der Waals surface area contributed by atoms with Gasteiger partial charge in [-0.3, -0.25) is 9.88 Å². The molecule has 4 nitrogen and oxygen atoms in total. The molecule has 2 aromatic heterocycles. The van der Waals surface area contributed by atoms with Crippen molar-refractivity contribution in [2.45, 2.75) is 44.8 Å². The summed E-state index contributed by atoms with van der Waals surface area (Å²) in [5, 5.41) is 3.79. The second-order valence-corrected chi connectivity index (χ2v) is 6.01. The number of likely N-dealkylation sites (tertiary alicyclic amines) is 1. The van der Waals surface area contributed by atoms with Gasteiger partial charge in [-0.05, 0) is 43.5 Å². The Balaban J connectivity index is 1.48. The van der Waals surface area contributed by atoms with Crippen LogP contribution in [0, 0.1) is 0 Å². The molecule has 0 bridgehead atoms. The fourth-order valence-corrected chi connectivity index (χ4v) is 3.16. The van der Waals surface area contributed by atoms with Crippen molar-refractivity contribution in [1.82, 2.24) is 15.2 Å². The van der Waals surface area contributed by atoms with E-state index in [9.17, 15) is 0 Å². The molecule has 4 heteroatoms. The normalized spacial score (nSPS) is 18.4.